The fraction of sp³-hybridized carbons (Fsp3) is 0.385. The van der Waals surface area contributed by atoms with Crippen molar-refractivity contribution in [1.29, 1.82) is 0 Å². The van der Waals surface area contributed by atoms with Crippen molar-refractivity contribution in [3.05, 3.63) is 24.5 Å². The van der Waals surface area contributed by atoms with E-state index in [-0.39, 0.29) is 11.2 Å². The van der Waals surface area contributed by atoms with Gasteiger partial charge in [0.1, 0.15) is 5.25 Å². The van der Waals surface area contributed by atoms with Gasteiger partial charge in [0.2, 0.25) is 5.16 Å². The summed E-state index contributed by atoms with van der Waals surface area (Å²) in [5.74, 6) is 0.409. The zero-order valence-corrected chi connectivity index (χ0v) is 12.2. The van der Waals surface area contributed by atoms with Gasteiger partial charge in [-0.05, 0) is 25.5 Å². The zero-order chi connectivity index (χ0) is 14.4. The topological polar surface area (TPSA) is 80.8 Å². The monoisotopic (exact) mass is 292 g/mol. The molecule has 0 fully saturated rings. The number of pyridine rings is 1. The molecule has 0 spiro atoms. The van der Waals surface area contributed by atoms with Crippen LogP contribution in [0.5, 0.6) is 0 Å². The summed E-state index contributed by atoms with van der Waals surface area (Å²) >= 11 is 1.30. The van der Waals surface area contributed by atoms with E-state index in [1.165, 1.54) is 11.8 Å². The highest BCUT2D eigenvalue weighted by Crippen LogP contribution is 2.25. The average molecular weight is 292 g/mol. The number of hydrogen-bond acceptors (Lipinski definition) is 6. The van der Waals surface area contributed by atoms with Crippen molar-refractivity contribution >= 4 is 17.7 Å². The van der Waals surface area contributed by atoms with Gasteiger partial charge in [0.25, 0.3) is 0 Å². The first kappa shape index (κ1) is 14.5. The van der Waals surface area contributed by atoms with Crippen molar-refractivity contribution in [3.63, 3.8) is 0 Å². The Morgan fingerprint density at radius 2 is 2.35 bits per heavy atom. The van der Waals surface area contributed by atoms with E-state index in [1.54, 1.807) is 19.3 Å². The second-order valence-electron chi connectivity index (χ2n) is 3.98. The lowest BCUT2D eigenvalue weighted by atomic mass is 10.3. The van der Waals surface area contributed by atoms with Crippen LogP contribution >= 0.6 is 11.8 Å². The molecule has 7 heteroatoms. The van der Waals surface area contributed by atoms with Crippen LogP contribution in [0.2, 0.25) is 0 Å². The molecule has 2 aromatic rings. The van der Waals surface area contributed by atoms with Crippen molar-refractivity contribution in [3.8, 4) is 11.4 Å². The third-order valence-electron chi connectivity index (χ3n) is 2.57. The summed E-state index contributed by atoms with van der Waals surface area (Å²) in [6.07, 6.45) is 4.07. The molecule has 2 rings (SSSR count). The minimum Gasteiger partial charge on any atom is -0.465 e. The largest absolute Gasteiger partial charge is 0.465 e. The van der Waals surface area contributed by atoms with Crippen molar-refractivity contribution in [1.82, 2.24) is 20.2 Å². The Kier molecular flexibility index (Phi) is 5.11. The van der Waals surface area contributed by atoms with E-state index in [1.807, 2.05) is 19.1 Å². The van der Waals surface area contributed by atoms with Gasteiger partial charge in [-0.3, -0.25) is 14.9 Å². The molecule has 2 heterocycles. The van der Waals surface area contributed by atoms with E-state index in [0.717, 1.165) is 5.56 Å². The standard InChI is InChI=1S/C13H16N4O2S/c1-3-10(12(18)19-4-2)20-13-15-11(16-17-13)9-6-5-7-14-8-9/h5-8,10H,3-4H2,1-2H3,(H,15,16,17). The molecule has 1 N–H and O–H groups in total. The van der Waals surface area contributed by atoms with Gasteiger partial charge in [0.05, 0.1) is 6.61 Å². The summed E-state index contributed by atoms with van der Waals surface area (Å²) in [5, 5.41) is 7.21. The van der Waals surface area contributed by atoms with Gasteiger partial charge in [-0.15, -0.1) is 5.10 Å². The third-order valence-corrected chi connectivity index (χ3v) is 3.77. The minimum absolute atomic E-state index is 0.229. The number of nitrogens with one attached hydrogen (secondary N) is 1. The quantitative estimate of drug-likeness (QED) is 0.650. The maximum Gasteiger partial charge on any atom is 0.319 e. The molecule has 0 bridgehead atoms. The molecule has 106 valence electrons. The number of carbonyl (C=O) groups excluding carboxylic acids is 1. The van der Waals surface area contributed by atoms with Gasteiger partial charge in [0, 0.05) is 18.0 Å². The molecule has 0 aliphatic carbocycles. The van der Waals surface area contributed by atoms with E-state index < -0.39 is 0 Å². The number of thioether (sulfide) groups is 1. The summed E-state index contributed by atoms with van der Waals surface area (Å²) < 4.78 is 5.02. The molecule has 6 nitrogen and oxygen atoms in total. The average Bonchev–Trinajstić information content (AvgIpc) is 2.94. The molecule has 2 aromatic heterocycles. The first-order valence-electron chi connectivity index (χ1n) is 6.40. The predicted molar refractivity (Wildman–Crippen MR) is 76.2 cm³/mol. The molecular formula is C13H16N4O2S. The van der Waals surface area contributed by atoms with Crippen LogP contribution in [-0.2, 0) is 9.53 Å². The lowest BCUT2D eigenvalue weighted by Gasteiger charge is -2.10. The third kappa shape index (κ3) is 3.57. The lowest BCUT2D eigenvalue weighted by Crippen LogP contribution is -2.19. The Labute approximate surface area is 121 Å². The van der Waals surface area contributed by atoms with Crippen molar-refractivity contribution in [2.24, 2.45) is 0 Å². The molecule has 0 aliphatic rings. The molecule has 0 saturated carbocycles. The van der Waals surface area contributed by atoms with Gasteiger partial charge < -0.3 is 4.74 Å². The van der Waals surface area contributed by atoms with Gasteiger partial charge in [-0.2, -0.15) is 0 Å². The second-order valence-corrected chi connectivity index (χ2v) is 5.14. The van der Waals surface area contributed by atoms with E-state index in [2.05, 4.69) is 20.2 Å². The first-order valence-corrected chi connectivity index (χ1v) is 7.28. The number of aromatic amines is 1. The van der Waals surface area contributed by atoms with Gasteiger partial charge >= 0.3 is 5.97 Å². The summed E-state index contributed by atoms with van der Waals surface area (Å²) in [5.41, 5.74) is 0.857. The highest BCUT2D eigenvalue weighted by molar-refractivity contribution is 8.00. The number of H-pyrrole nitrogens is 1. The Balaban J connectivity index is 2.07. The number of aromatic nitrogens is 4. The Morgan fingerprint density at radius 1 is 1.50 bits per heavy atom. The number of nitrogens with zero attached hydrogens (tertiary/aromatic N) is 3. The summed E-state index contributed by atoms with van der Waals surface area (Å²) in [4.78, 5) is 20.1. The van der Waals surface area contributed by atoms with Crippen LogP contribution in [0.1, 0.15) is 20.3 Å². The van der Waals surface area contributed by atoms with Crippen molar-refractivity contribution < 1.29 is 9.53 Å². The van der Waals surface area contributed by atoms with E-state index in [0.29, 0.717) is 24.0 Å². The maximum atomic E-state index is 11.7. The van der Waals surface area contributed by atoms with Crippen LogP contribution in [0.15, 0.2) is 29.7 Å². The number of ether oxygens (including phenoxy) is 1. The van der Waals surface area contributed by atoms with Crippen LogP contribution in [0.4, 0.5) is 0 Å². The molecule has 0 radical (unpaired) electrons. The zero-order valence-electron chi connectivity index (χ0n) is 11.4. The minimum atomic E-state index is -0.285. The second kappa shape index (κ2) is 7.04. The molecule has 0 aromatic carbocycles. The van der Waals surface area contributed by atoms with Gasteiger partial charge in [-0.25, -0.2) is 4.98 Å². The van der Waals surface area contributed by atoms with Crippen molar-refractivity contribution in [2.45, 2.75) is 30.7 Å². The molecule has 0 amide bonds. The fourth-order valence-electron chi connectivity index (χ4n) is 1.59. The van der Waals surface area contributed by atoms with Gasteiger partial charge in [-0.1, -0.05) is 18.7 Å². The Bertz CT molecular complexity index is 559. The molecule has 1 atom stereocenters. The number of hydrogen-bond donors (Lipinski definition) is 1. The van der Waals surface area contributed by atoms with Crippen LogP contribution in [0.3, 0.4) is 0 Å². The normalized spacial score (nSPS) is 12.1. The van der Waals surface area contributed by atoms with Crippen LogP contribution < -0.4 is 0 Å². The SMILES string of the molecule is CCOC(=O)C(CC)Sc1n[nH]c(-c2cccnc2)n1. The molecule has 0 saturated heterocycles. The van der Waals surface area contributed by atoms with E-state index in [4.69, 9.17) is 4.74 Å². The molecule has 20 heavy (non-hydrogen) atoms. The first-order chi connectivity index (χ1) is 9.74. The summed E-state index contributed by atoms with van der Waals surface area (Å²) in [6, 6.07) is 3.72. The Hall–Kier alpha value is -1.89. The van der Waals surface area contributed by atoms with Crippen LogP contribution in [0.25, 0.3) is 11.4 Å². The molecule has 0 aliphatic heterocycles. The predicted octanol–water partition coefficient (Wildman–Crippen LogP) is 2.30. The summed E-state index contributed by atoms with van der Waals surface area (Å²) in [6.45, 7) is 4.11. The van der Waals surface area contributed by atoms with Crippen LogP contribution in [0, 0.1) is 0 Å². The lowest BCUT2D eigenvalue weighted by molar-refractivity contribution is -0.142. The molecular weight excluding hydrogens is 276 g/mol. The smallest absolute Gasteiger partial charge is 0.319 e. The number of carbonyl (C=O) groups is 1. The van der Waals surface area contributed by atoms with Crippen LogP contribution in [-0.4, -0.2) is 38.0 Å². The molecule has 1 unspecified atom stereocenters. The highest BCUT2D eigenvalue weighted by Gasteiger charge is 2.21. The number of rotatable bonds is 6. The highest BCUT2D eigenvalue weighted by atomic mass is 32.2. The van der Waals surface area contributed by atoms with Crippen molar-refractivity contribution in [2.75, 3.05) is 6.61 Å². The Morgan fingerprint density at radius 3 is 3.00 bits per heavy atom. The fourth-order valence-corrected chi connectivity index (χ4v) is 2.42. The van der Waals surface area contributed by atoms with E-state index >= 15 is 0 Å². The van der Waals surface area contributed by atoms with Gasteiger partial charge in [0.15, 0.2) is 5.82 Å². The summed E-state index contributed by atoms with van der Waals surface area (Å²) in [7, 11) is 0. The van der Waals surface area contributed by atoms with E-state index in [9.17, 15) is 4.79 Å². The number of esters is 1. The maximum absolute atomic E-state index is 11.7.